The van der Waals surface area contributed by atoms with Crippen molar-refractivity contribution in [2.45, 2.75) is 47.0 Å². The van der Waals surface area contributed by atoms with Crippen molar-refractivity contribution in [2.24, 2.45) is 15.0 Å². The van der Waals surface area contributed by atoms with Crippen LogP contribution in [0.1, 0.15) is 45.7 Å². The summed E-state index contributed by atoms with van der Waals surface area (Å²) in [5.41, 5.74) is 4.06. The average Bonchev–Trinajstić information content (AvgIpc) is 2.58. The molecule has 0 amide bonds. The molecule has 1 rings (SSSR count). The van der Waals surface area contributed by atoms with Crippen LogP contribution in [0.3, 0.4) is 0 Å². The summed E-state index contributed by atoms with van der Waals surface area (Å²) < 4.78 is 0. The molecule has 0 fully saturated rings. The number of hydrogen-bond donors (Lipinski definition) is 1. The Kier molecular flexibility index (Phi) is 7.43. The molecule has 0 saturated carbocycles. The Morgan fingerprint density at radius 3 is 2.40 bits per heavy atom. The number of nitrogens with one attached hydrogen (secondary N) is 1. The van der Waals surface area contributed by atoms with Crippen molar-refractivity contribution >= 4 is 29.4 Å². The van der Waals surface area contributed by atoms with Crippen LogP contribution in [0.5, 0.6) is 0 Å². The highest BCUT2D eigenvalue weighted by molar-refractivity contribution is 6.42. The summed E-state index contributed by atoms with van der Waals surface area (Å²) in [5, 5.41) is 3.21. The monoisotopic (exact) mass is 340 g/mol. The molecule has 0 spiro atoms. The van der Waals surface area contributed by atoms with Gasteiger partial charge in [0.15, 0.2) is 0 Å². The van der Waals surface area contributed by atoms with Crippen molar-refractivity contribution in [3.63, 3.8) is 0 Å². The zero-order chi connectivity index (χ0) is 19.0. The molecule has 1 N–H and O–H groups in total. The van der Waals surface area contributed by atoms with Gasteiger partial charge in [-0.05, 0) is 64.8 Å². The molecule has 1 aromatic carbocycles. The van der Waals surface area contributed by atoms with Gasteiger partial charge in [-0.3, -0.25) is 9.98 Å². The molecule has 0 radical (unpaired) electrons. The lowest BCUT2D eigenvalue weighted by Gasteiger charge is -2.21. The van der Waals surface area contributed by atoms with Crippen molar-refractivity contribution in [3.8, 4) is 0 Å². The SMILES string of the molecule is C/C=C\N=C(C)C(C)=NC(=NC)Nc1ccc(C(C)(C)C=O)c(C)c1. The first-order valence-corrected chi connectivity index (χ1v) is 8.27. The van der Waals surface area contributed by atoms with Gasteiger partial charge < -0.3 is 10.1 Å². The molecule has 5 nitrogen and oxygen atoms in total. The van der Waals surface area contributed by atoms with E-state index in [1.807, 2.05) is 65.8 Å². The minimum atomic E-state index is -0.501. The minimum absolute atomic E-state index is 0.501. The topological polar surface area (TPSA) is 66.2 Å². The molecule has 0 aliphatic rings. The molecule has 1 aromatic rings. The van der Waals surface area contributed by atoms with E-state index in [2.05, 4.69) is 20.3 Å². The highest BCUT2D eigenvalue weighted by Crippen LogP contribution is 2.26. The zero-order valence-corrected chi connectivity index (χ0v) is 16.2. The second kappa shape index (κ2) is 9.06. The van der Waals surface area contributed by atoms with Gasteiger partial charge in [0.05, 0.1) is 11.4 Å². The summed E-state index contributed by atoms with van der Waals surface area (Å²) in [6.07, 6.45) is 4.58. The van der Waals surface area contributed by atoms with Crippen LogP contribution in [-0.4, -0.2) is 30.7 Å². The Balaban J connectivity index is 3.04. The highest BCUT2D eigenvalue weighted by Gasteiger charge is 2.21. The summed E-state index contributed by atoms with van der Waals surface area (Å²) in [6.45, 7) is 11.5. The van der Waals surface area contributed by atoms with E-state index >= 15 is 0 Å². The summed E-state index contributed by atoms with van der Waals surface area (Å²) in [7, 11) is 1.69. The molecule has 0 aliphatic carbocycles. The number of carbonyl (C=O) groups is 1. The van der Waals surface area contributed by atoms with E-state index in [-0.39, 0.29) is 0 Å². The van der Waals surface area contributed by atoms with Crippen LogP contribution in [0.4, 0.5) is 5.69 Å². The van der Waals surface area contributed by atoms with Gasteiger partial charge in [-0.25, -0.2) is 4.99 Å². The maximum Gasteiger partial charge on any atom is 0.222 e. The molecule has 134 valence electrons. The number of benzene rings is 1. The van der Waals surface area contributed by atoms with Gasteiger partial charge in [-0.2, -0.15) is 0 Å². The summed E-state index contributed by atoms with van der Waals surface area (Å²) in [5.74, 6) is 0.509. The van der Waals surface area contributed by atoms with Crippen LogP contribution in [0, 0.1) is 6.92 Å². The molecular formula is C20H28N4O. The van der Waals surface area contributed by atoms with Crippen LogP contribution >= 0.6 is 0 Å². The molecule has 0 saturated heterocycles. The van der Waals surface area contributed by atoms with Crippen molar-refractivity contribution in [3.05, 3.63) is 41.6 Å². The second-order valence-corrected chi connectivity index (χ2v) is 6.44. The Morgan fingerprint density at radius 1 is 1.20 bits per heavy atom. The Bertz CT molecular complexity index is 740. The Morgan fingerprint density at radius 2 is 1.88 bits per heavy atom. The quantitative estimate of drug-likeness (QED) is 0.493. The third kappa shape index (κ3) is 5.78. The van der Waals surface area contributed by atoms with Crippen LogP contribution in [0.15, 0.2) is 45.5 Å². The fourth-order valence-corrected chi connectivity index (χ4v) is 2.31. The Hall–Kier alpha value is -2.56. The lowest BCUT2D eigenvalue weighted by molar-refractivity contribution is -0.111. The van der Waals surface area contributed by atoms with Gasteiger partial charge in [-0.15, -0.1) is 0 Å². The van der Waals surface area contributed by atoms with Crippen LogP contribution in [-0.2, 0) is 10.2 Å². The van der Waals surface area contributed by atoms with Crippen molar-refractivity contribution in [1.29, 1.82) is 0 Å². The van der Waals surface area contributed by atoms with E-state index in [1.54, 1.807) is 13.2 Å². The third-order valence-electron chi connectivity index (χ3n) is 3.90. The normalized spacial score (nSPS) is 14.1. The van der Waals surface area contributed by atoms with Crippen LogP contribution in [0.2, 0.25) is 0 Å². The van der Waals surface area contributed by atoms with E-state index < -0.39 is 5.41 Å². The maximum atomic E-state index is 11.3. The number of aryl methyl sites for hydroxylation is 1. The van der Waals surface area contributed by atoms with Gasteiger partial charge in [0.1, 0.15) is 6.29 Å². The first-order chi connectivity index (χ1) is 11.7. The maximum absolute atomic E-state index is 11.3. The lowest BCUT2D eigenvalue weighted by atomic mass is 9.83. The summed E-state index contributed by atoms with van der Waals surface area (Å²) in [6, 6.07) is 5.90. The average molecular weight is 340 g/mol. The molecule has 0 heterocycles. The van der Waals surface area contributed by atoms with Crippen LogP contribution in [0.25, 0.3) is 0 Å². The van der Waals surface area contributed by atoms with E-state index in [0.29, 0.717) is 5.96 Å². The minimum Gasteiger partial charge on any atom is -0.324 e. The van der Waals surface area contributed by atoms with E-state index in [4.69, 9.17) is 0 Å². The first kappa shape index (κ1) is 20.5. The van der Waals surface area contributed by atoms with Gasteiger partial charge >= 0.3 is 0 Å². The first-order valence-electron chi connectivity index (χ1n) is 8.27. The zero-order valence-electron chi connectivity index (χ0n) is 16.2. The van der Waals surface area contributed by atoms with Crippen LogP contribution < -0.4 is 5.32 Å². The lowest BCUT2D eigenvalue weighted by Crippen LogP contribution is -2.20. The summed E-state index contributed by atoms with van der Waals surface area (Å²) >= 11 is 0. The molecule has 5 heteroatoms. The van der Waals surface area contributed by atoms with Gasteiger partial charge in [0, 0.05) is 24.4 Å². The molecule has 25 heavy (non-hydrogen) atoms. The standard InChI is InChI=1S/C20H28N4O/c1-8-11-22-15(3)16(4)23-19(21-7)24-17-9-10-18(14(2)12-17)20(5,6)13-25/h8-13H,1-7H3,(H,21,24)/b11-8-,22-15?,23-16?. The second-order valence-electron chi connectivity index (χ2n) is 6.44. The van der Waals surface area contributed by atoms with Gasteiger partial charge in [0.25, 0.3) is 0 Å². The predicted molar refractivity (Wildman–Crippen MR) is 108 cm³/mol. The number of allylic oxidation sites excluding steroid dienone is 1. The third-order valence-corrected chi connectivity index (χ3v) is 3.90. The number of guanidine groups is 1. The van der Waals surface area contributed by atoms with Crippen molar-refractivity contribution < 1.29 is 4.79 Å². The molecule has 0 atom stereocenters. The number of anilines is 1. The molecule has 0 aliphatic heterocycles. The van der Waals surface area contributed by atoms with E-state index in [1.165, 1.54) is 0 Å². The van der Waals surface area contributed by atoms with Gasteiger partial charge in [-0.1, -0.05) is 12.1 Å². The van der Waals surface area contributed by atoms with Crippen molar-refractivity contribution in [2.75, 3.05) is 12.4 Å². The fraction of sp³-hybridized carbons (Fsp3) is 0.400. The summed E-state index contributed by atoms with van der Waals surface area (Å²) in [4.78, 5) is 24.3. The molecule has 0 aromatic heterocycles. The number of nitrogens with zero attached hydrogens (tertiary/aromatic N) is 3. The van der Waals surface area contributed by atoms with E-state index in [0.717, 1.165) is 34.5 Å². The fourth-order valence-electron chi connectivity index (χ4n) is 2.31. The number of aldehydes is 1. The number of carbonyl (C=O) groups excluding carboxylic acids is 1. The van der Waals surface area contributed by atoms with E-state index in [9.17, 15) is 4.79 Å². The largest absolute Gasteiger partial charge is 0.324 e. The number of aliphatic imine (C=N–C) groups is 3. The number of hydrogen-bond acceptors (Lipinski definition) is 3. The Labute approximate surface area is 150 Å². The highest BCUT2D eigenvalue weighted by atomic mass is 16.1. The van der Waals surface area contributed by atoms with Crippen molar-refractivity contribution in [1.82, 2.24) is 0 Å². The smallest absolute Gasteiger partial charge is 0.222 e. The molecule has 0 unspecified atom stereocenters. The molecular weight excluding hydrogens is 312 g/mol. The molecule has 0 bridgehead atoms. The number of rotatable bonds is 5. The van der Waals surface area contributed by atoms with Gasteiger partial charge in [0.2, 0.25) is 5.96 Å². The predicted octanol–water partition coefficient (Wildman–Crippen LogP) is 4.32.